The second-order valence-electron chi connectivity index (χ2n) is 4.26. The number of hydrogen-bond donors (Lipinski definition) is 1. The van der Waals surface area contributed by atoms with Crippen molar-refractivity contribution in [3.05, 3.63) is 47.2 Å². The third kappa shape index (κ3) is 1.91. The highest BCUT2D eigenvalue weighted by Crippen LogP contribution is 2.26. The minimum absolute atomic E-state index is 0.0361. The molecule has 1 aromatic heterocycles. The van der Waals surface area contributed by atoms with E-state index in [-0.39, 0.29) is 5.76 Å². The fourth-order valence-corrected chi connectivity index (χ4v) is 2.12. The van der Waals surface area contributed by atoms with Gasteiger partial charge in [0, 0.05) is 5.56 Å². The summed E-state index contributed by atoms with van der Waals surface area (Å²) in [6, 6.07) is 9.14. The maximum atomic E-state index is 10.8. The van der Waals surface area contributed by atoms with Crippen molar-refractivity contribution in [2.45, 2.75) is 13.0 Å². The van der Waals surface area contributed by atoms with Crippen LogP contribution in [-0.2, 0) is 17.8 Å². The van der Waals surface area contributed by atoms with Crippen LogP contribution >= 0.6 is 0 Å². The summed E-state index contributed by atoms with van der Waals surface area (Å²) in [7, 11) is 0. The van der Waals surface area contributed by atoms with Crippen molar-refractivity contribution >= 4 is 5.97 Å². The van der Waals surface area contributed by atoms with Crippen molar-refractivity contribution in [2.24, 2.45) is 0 Å². The lowest BCUT2D eigenvalue weighted by molar-refractivity contribution is 0.0663. The summed E-state index contributed by atoms with van der Waals surface area (Å²) in [5.74, 6) is -0.500. The van der Waals surface area contributed by atoms with Gasteiger partial charge < -0.3 is 14.3 Å². The Bertz CT molecular complexity index is 598. The van der Waals surface area contributed by atoms with Gasteiger partial charge in [-0.05, 0) is 35.7 Å². The van der Waals surface area contributed by atoms with Gasteiger partial charge in [0.1, 0.15) is 5.76 Å². The molecule has 0 saturated carbocycles. The Kier molecular flexibility index (Phi) is 2.64. The first-order valence-electron chi connectivity index (χ1n) is 5.77. The molecule has 0 amide bonds. The van der Waals surface area contributed by atoms with Gasteiger partial charge in [0.05, 0.1) is 13.2 Å². The molecule has 0 unspecified atom stereocenters. The predicted molar refractivity (Wildman–Crippen MR) is 64.5 cm³/mol. The van der Waals surface area contributed by atoms with Gasteiger partial charge in [-0.15, -0.1) is 0 Å². The molecule has 4 nitrogen and oxygen atoms in total. The van der Waals surface area contributed by atoms with Crippen molar-refractivity contribution in [1.82, 2.24) is 0 Å². The normalized spacial score (nSPS) is 14.2. The van der Waals surface area contributed by atoms with Crippen LogP contribution in [0.1, 0.15) is 21.7 Å². The number of carboxylic acid groups (broad SMARTS) is 1. The first kappa shape index (κ1) is 11.0. The lowest BCUT2D eigenvalue weighted by Crippen LogP contribution is -2.09. The second-order valence-corrected chi connectivity index (χ2v) is 4.26. The Hall–Kier alpha value is -2.07. The zero-order valence-electron chi connectivity index (χ0n) is 9.68. The van der Waals surface area contributed by atoms with E-state index in [2.05, 4.69) is 0 Å². The molecule has 0 saturated heterocycles. The Labute approximate surface area is 104 Å². The Morgan fingerprint density at radius 1 is 1.17 bits per heavy atom. The fourth-order valence-electron chi connectivity index (χ4n) is 2.12. The van der Waals surface area contributed by atoms with Crippen LogP contribution in [0.2, 0.25) is 0 Å². The summed E-state index contributed by atoms with van der Waals surface area (Å²) in [5.41, 5.74) is 3.34. The van der Waals surface area contributed by atoms with Crippen LogP contribution in [0.25, 0.3) is 11.3 Å². The average molecular weight is 244 g/mol. The van der Waals surface area contributed by atoms with Gasteiger partial charge in [-0.25, -0.2) is 4.79 Å². The molecule has 2 aromatic rings. The summed E-state index contributed by atoms with van der Waals surface area (Å²) >= 11 is 0. The molecule has 3 rings (SSSR count). The summed E-state index contributed by atoms with van der Waals surface area (Å²) in [6.07, 6.45) is 0.885. The minimum Gasteiger partial charge on any atom is -0.475 e. The molecule has 92 valence electrons. The molecule has 0 aliphatic carbocycles. The summed E-state index contributed by atoms with van der Waals surface area (Å²) < 4.78 is 10.7. The van der Waals surface area contributed by atoms with Crippen LogP contribution in [0.4, 0.5) is 0 Å². The van der Waals surface area contributed by atoms with Crippen molar-refractivity contribution in [3.8, 4) is 11.3 Å². The average Bonchev–Trinajstić information content (AvgIpc) is 2.88. The third-order valence-corrected chi connectivity index (χ3v) is 3.08. The van der Waals surface area contributed by atoms with Crippen molar-refractivity contribution in [1.29, 1.82) is 0 Å². The van der Waals surface area contributed by atoms with Gasteiger partial charge in [0.25, 0.3) is 0 Å². The van der Waals surface area contributed by atoms with Gasteiger partial charge in [-0.2, -0.15) is 0 Å². The molecular weight excluding hydrogens is 232 g/mol. The number of hydrogen-bond acceptors (Lipinski definition) is 3. The first-order valence-corrected chi connectivity index (χ1v) is 5.77. The van der Waals surface area contributed by atoms with Gasteiger partial charge in [-0.1, -0.05) is 12.1 Å². The molecule has 0 atom stereocenters. The largest absolute Gasteiger partial charge is 0.475 e. The zero-order valence-corrected chi connectivity index (χ0v) is 9.68. The molecule has 18 heavy (non-hydrogen) atoms. The molecule has 1 N–H and O–H groups in total. The van der Waals surface area contributed by atoms with Crippen LogP contribution in [0, 0.1) is 0 Å². The van der Waals surface area contributed by atoms with E-state index in [0.29, 0.717) is 12.4 Å². The fraction of sp³-hybridized carbons (Fsp3) is 0.214. The molecule has 2 heterocycles. The Balaban J connectivity index is 1.98. The van der Waals surface area contributed by atoms with E-state index < -0.39 is 5.97 Å². The molecule has 1 aromatic carbocycles. The Morgan fingerprint density at radius 3 is 2.83 bits per heavy atom. The van der Waals surface area contributed by atoms with Crippen molar-refractivity contribution in [3.63, 3.8) is 0 Å². The van der Waals surface area contributed by atoms with Crippen LogP contribution < -0.4 is 0 Å². The SMILES string of the molecule is O=C(O)c1ccc(-c2ccc3c(c2)CCOC3)o1. The van der Waals surface area contributed by atoms with Crippen LogP contribution in [0.3, 0.4) is 0 Å². The molecule has 0 bridgehead atoms. The topological polar surface area (TPSA) is 59.7 Å². The maximum absolute atomic E-state index is 10.8. The quantitative estimate of drug-likeness (QED) is 0.882. The number of fused-ring (bicyclic) bond motifs is 1. The van der Waals surface area contributed by atoms with Crippen LogP contribution in [0.5, 0.6) is 0 Å². The van der Waals surface area contributed by atoms with E-state index in [1.54, 1.807) is 6.07 Å². The molecule has 1 aliphatic rings. The highest BCUT2D eigenvalue weighted by molar-refractivity contribution is 5.85. The standard InChI is InChI=1S/C14H12O4/c15-14(16)13-4-3-12(18-13)10-1-2-11-8-17-6-5-9(11)7-10/h1-4,7H,5-6,8H2,(H,15,16). The Morgan fingerprint density at radius 2 is 2.06 bits per heavy atom. The summed E-state index contributed by atoms with van der Waals surface area (Å²) in [5, 5.41) is 8.83. The molecule has 0 fully saturated rings. The number of benzene rings is 1. The number of furan rings is 1. The lowest BCUT2D eigenvalue weighted by atomic mass is 9.99. The number of carbonyl (C=O) groups is 1. The van der Waals surface area contributed by atoms with E-state index >= 15 is 0 Å². The number of carboxylic acids is 1. The third-order valence-electron chi connectivity index (χ3n) is 3.08. The highest BCUT2D eigenvalue weighted by Gasteiger charge is 2.13. The lowest BCUT2D eigenvalue weighted by Gasteiger charge is -2.16. The van der Waals surface area contributed by atoms with Gasteiger partial charge >= 0.3 is 5.97 Å². The second kappa shape index (κ2) is 4.31. The molecule has 0 spiro atoms. The number of aromatic carboxylic acids is 1. The van der Waals surface area contributed by atoms with E-state index in [0.717, 1.165) is 18.6 Å². The van der Waals surface area contributed by atoms with E-state index in [1.165, 1.54) is 17.2 Å². The molecular formula is C14H12O4. The van der Waals surface area contributed by atoms with Gasteiger partial charge in [-0.3, -0.25) is 0 Å². The number of ether oxygens (including phenoxy) is 1. The molecule has 1 aliphatic heterocycles. The minimum atomic E-state index is -1.05. The van der Waals surface area contributed by atoms with Crippen molar-refractivity contribution in [2.75, 3.05) is 6.61 Å². The summed E-state index contributed by atoms with van der Waals surface area (Å²) in [4.78, 5) is 10.8. The van der Waals surface area contributed by atoms with Crippen LogP contribution in [0.15, 0.2) is 34.7 Å². The van der Waals surface area contributed by atoms with Crippen LogP contribution in [-0.4, -0.2) is 17.7 Å². The van der Waals surface area contributed by atoms with E-state index in [9.17, 15) is 4.79 Å². The zero-order chi connectivity index (χ0) is 12.5. The summed E-state index contributed by atoms with van der Waals surface area (Å²) in [6.45, 7) is 1.38. The van der Waals surface area contributed by atoms with Crippen molar-refractivity contribution < 1.29 is 19.1 Å². The first-order chi connectivity index (χ1) is 8.74. The van der Waals surface area contributed by atoms with E-state index in [1.807, 2.05) is 18.2 Å². The number of rotatable bonds is 2. The molecule has 0 radical (unpaired) electrons. The van der Waals surface area contributed by atoms with E-state index in [4.69, 9.17) is 14.3 Å². The maximum Gasteiger partial charge on any atom is 0.371 e. The molecule has 4 heteroatoms. The highest BCUT2D eigenvalue weighted by atomic mass is 16.5. The monoisotopic (exact) mass is 244 g/mol. The predicted octanol–water partition coefficient (Wildman–Crippen LogP) is 2.72. The smallest absolute Gasteiger partial charge is 0.371 e. The van der Waals surface area contributed by atoms with Gasteiger partial charge in [0.2, 0.25) is 5.76 Å². The van der Waals surface area contributed by atoms with Gasteiger partial charge in [0.15, 0.2) is 0 Å².